The van der Waals surface area contributed by atoms with Crippen LogP contribution in [0.25, 0.3) is 10.7 Å². The van der Waals surface area contributed by atoms with Crippen LogP contribution in [-0.4, -0.2) is 26.3 Å². The van der Waals surface area contributed by atoms with Crippen LogP contribution in [0.5, 0.6) is 0 Å². The summed E-state index contributed by atoms with van der Waals surface area (Å²) in [6, 6.07) is 8.96. The Hall–Kier alpha value is -1.54. The maximum absolute atomic E-state index is 12.3. The highest BCUT2D eigenvalue weighted by Crippen LogP contribution is 2.31. The Kier molecular flexibility index (Phi) is 5.45. The minimum Gasteiger partial charge on any atom is -0.323 e. The van der Waals surface area contributed by atoms with Crippen molar-refractivity contribution in [3.63, 3.8) is 0 Å². The fraction of sp³-hybridized carbons (Fsp3) is 0.133. The second-order valence-electron chi connectivity index (χ2n) is 4.79. The van der Waals surface area contributed by atoms with Gasteiger partial charge in [-0.25, -0.2) is 4.98 Å². The standard InChI is InChI=1S/C15H12Cl2N4OS2/c1-8(14(22)18-12-9(16)4-2-5-10(12)17)24-15-19-13(20-21-15)11-6-3-7-23-11/h2-8H,1H3,(H,18,22)(H,19,20,21)/t8-/m0/s1. The second kappa shape index (κ2) is 7.57. The number of amides is 1. The van der Waals surface area contributed by atoms with Gasteiger partial charge in [-0.05, 0) is 30.5 Å². The molecular weight excluding hydrogens is 387 g/mol. The Morgan fingerprint density at radius 3 is 2.71 bits per heavy atom. The smallest absolute Gasteiger partial charge is 0.237 e. The number of aromatic nitrogens is 3. The zero-order valence-electron chi connectivity index (χ0n) is 12.4. The molecule has 0 aliphatic rings. The summed E-state index contributed by atoms with van der Waals surface area (Å²) in [6.07, 6.45) is 0. The van der Waals surface area contributed by atoms with E-state index in [0.29, 0.717) is 26.7 Å². The second-order valence-corrected chi connectivity index (χ2v) is 7.86. The average molecular weight is 399 g/mol. The lowest BCUT2D eigenvalue weighted by Crippen LogP contribution is -2.22. The summed E-state index contributed by atoms with van der Waals surface area (Å²) in [5, 5.41) is 12.6. The molecule has 1 amide bonds. The Labute approximate surface area is 156 Å². The topological polar surface area (TPSA) is 70.7 Å². The zero-order valence-corrected chi connectivity index (χ0v) is 15.6. The average Bonchev–Trinajstić information content (AvgIpc) is 3.21. The third-order valence-electron chi connectivity index (χ3n) is 3.08. The molecule has 5 nitrogen and oxygen atoms in total. The van der Waals surface area contributed by atoms with Crippen LogP contribution < -0.4 is 5.32 Å². The minimum atomic E-state index is -0.413. The first kappa shape index (κ1) is 17.3. The summed E-state index contributed by atoms with van der Waals surface area (Å²) in [4.78, 5) is 17.7. The molecule has 3 aromatic rings. The molecule has 1 aromatic carbocycles. The molecular formula is C15H12Cl2N4OS2. The van der Waals surface area contributed by atoms with Gasteiger partial charge in [0.2, 0.25) is 11.1 Å². The van der Waals surface area contributed by atoms with Crippen LogP contribution >= 0.6 is 46.3 Å². The van der Waals surface area contributed by atoms with Crippen LogP contribution in [0, 0.1) is 0 Å². The number of thioether (sulfide) groups is 1. The number of nitrogens with zero attached hydrogens (tertiary/aromatic N) is 2. The molecule has 0 unspecified atom stereocenters. The number of rotatable bonds is 5. The summed E-state index contributed by atoms with van der Waals surface area (Å²) >= 11 is 15.0. The third kappa shape index (κ3) is 3.92. The highest BCUT2D eigenvalue weighted by Gasteiger charge is 2.19. The van der Waals surface area contributed by atoms with Crippen molar-refractivity contribution in [3.05, 3.63) is 45.8 Å². The van der Waals surface area contributed by atoms with Crippen molar-refractivity contribution in [2.24, 2.45) is 0 Å². The van der Waals surface area contributed by atoms with Gasteiger partial charge >= 0.3 is 0 Å². The maximum Gasteiger partial charge on any atom is 0.237 e. The third-order valence-corrected chi connectivity index (χ3v) is 5.55. The number of nitrogens with one attached hydrogen (secondary N) is 2. The van der Waals surface area contributed by atoms with Gasteiger partial charge in [-0.2, -0.15) is 0 Å². The predicted octanol–water partition coefficient (Wildman–Crippen LogP) is 4.96. The van der Waals surface area contributed by atoms with Crippen LogP contribution in [0.15, 0.2) is 40.9 Å². The summed E-state index contributed by atoms with van der Waals surface area (Å²) in [5.41, 5.74) is 0.410. The molecule has 2 aromatic heterocycles. The first-order valence-corrected chi connectivity index (χ1v) is 9.44. The van der Waals surface area contributed by atoms with E-state index in [0.717, 1.165) is 4.88 Å². The first-order valence-electron chi connectivity index (χ1n) is 6.92. The van der Waals surface area contributed by atoms with Gasteiger partial charge < -0.3 is 5.32 Å². The fourth-order valence-electron chi connectivity index (χ4n) is 1.88. The van der Waals surface area contributed by atoms with Crippen molar-refractivity contribution in [2.45, 2.75) is 17.3 Å². The van der Waals surface area contributed by atoms with Crippen molar-refractivity contribution in [1.82, 2.24) is 15.2 Å². The number of thiophene rings is 1. The maximum atomic E-state index is 12.3. The number of H-pyrrole nitrogens is 1. The Morgan fingerprint density at radius 1 is 1.29 bits per heavy atom. The number of hydrogen-bond donors (Lipinski definition) is 2. The summed E-state index contributed by atoms with van der Waals surface area (Å²) in [7, 11) is 0. The molecule has 3 rings (SSSR count). The molecule has 0 saturated carbocycles. The van der Waals surface area contributed by atoms with Crippen LogP contribution in [0.2, 0.25) is 10.0 Å². The summed E-state index contributed by atoms with van der Waals surface area (Å²) in [5.74, 6) is 0.465. The number of anilines is 1. The van der Waals surface area contributed by atoms with Crippen molar-refractivity contribution >= 4 is 57.9 Å². The van der Waals surface area contributed by atoms with Gasteiger partial charge in [-0.15, -0.1) is 16.4 Å². The Morgan fingerprint density at radius 2 is 2.04 bits per heavy atom. The van der Waals surface area contributed by atoms with Gasteiger partial charge in [0.1, 0.15) is 0 Å². The van der Waals surface area contributed by atoms with Crippen molar-refractivity contribution < 1.29 is 4.79 Å². The highest BCUT2D eigenvalue weighted by molar-refractivity contribution is 8.00. The van der Waals surface area contributed by atoms with Crippen molar-refractivity contribution in [1.29, 1.82) is 0 Å². The lowest BCUT2D eigenvalue weighted by Gasteiger charge is -2.12. The van der Waals surface area contributed by atoms with Gasteiger partial charge in [0.05, 0.1) is 25.9 Å². The molecule has 1 atom stereocenters. The molecule has 24 heavy (non-hydrogen) atoms. The van der Waals surface area contributed by atoms with Gasteiger partial charge in [-0.1, -0.05) is 47.1 Å². The van der Waals surface area contributed by atoms with Crippen molar-refractivity contribution in [3.8, 4) is 10.7 Å². The van der Waals surface area contributed by atoms with Crippen LogP contribution in [0.3, 0.4) is 0 Å². The SMILES string of the molecule is C[C@H](Sc1n[nH]c(-c2cccs2)n1)C(=O)Nc1c(Cl)cccc1Cl. The zero-order chi connectivity index (χ0) is 17.1. The van der Waals surface area contributed by atoms with E-state index in [-0.39, 0.29) is 5.91 Å². The molecule has 0 radical (unpaired) electrons. The van der Waals surface area contributed by atoms with E-state index in [1.54, 1.807) is 36.5 Å². The number of carbonyl (C=O) groups is 1. The summed E-state index contributed by atoms with van der Waals surface area (Å²) < 4.78 is 0. The van der Waals surface area contributed by atoms with E-state index in [9.17, 15) is 4.79 Å². The number of benzene rings is 1. The van der Waals surface area contributed by atoms with E-state index < -0.39 is 5.25 Å². The molecule has 0 aliphatic carbocycles. The molecule has 9 heteroatoms. The molecule has 124 valence electrons. The van der Waals surface area contributed by atoms with Crippen LogP contribution in [-0.2, 0) is 4.79 Å². The molecule has 0 saturated heterocycles. The van der Waals surface area contributed by atoms with E-state index in [1.807, 2.05) is 17.5 Å². The lowest BCUT2D eigenvalue weighted by molar-refractivity contribution is -0.115. The first-order chi connectivity index (χ1) is 11.5. The van der Waals surface area contributed by atoms with E-state index >= 15 is 0 Å². The Bertz CT molecular complexity index is 831. The molecule has 2 heterocycles. The van der Waals surface area contributed by atoms with E-state index in [1.165, 1.54) is 11.8 Å². The van der Waals surface area contributed by atoms with E-state index in [2.05, 4.69) is 20.5 Å². The van der Waals surface area contributed by atoms with Gasteiger partial charge in [-0.3, -0.25) is 9.89 Å². The minimum absolute atomic E-state index is 0.225. The fourth-order valence-corrected chi connectivity index (χ4v) is 3.76. The number of aromatic amines is 1. The Balaban J connectivity index is 1.66. The number of hydrogen-bond acceptors (Lipinski definition) is 5. The molecule has 0 aliphatic heterocycles. The molecule has 2 N–H and O–H groups in total. The number of carbonyl (C=O) groups excluding carboxylic acids is 1. The van der Waals surface area contributed by atoms with Gasteiger partial charge in [0.15, 0.2) is 5.82 Å². The largest absolute Gasteiger partial charge is 0.323 e. The molecule has 0 fully saturated rings. The quantitative estimate of drug-likeness (QED) is 0.595. The number of halogens is 2. The van der Waals surface area contributed by atoms with E-state index in [4.69, 9.17) is 23.2 Å². The highest BCUT2D eigenvalue weighted by atomic mass is 35.5. The van der Waals surface area contributed by atoms with Crippen LogP contribution in [0.4, 0.5) is 5.69 Å². The summed E-state index contributed by atoms with van der Waals surface area (Å²) in [6.45, 7) is 1.77. The monoisotopic (exact) mass is 398 g/mol. The van der Waals surface area contributed by atoms with Gasteiger partial charge in [0, 0.05) is 0 Å². The van der Waals surface area contributed by atoms with Crippen LogP contribution in [0.1, 0.15) is 6.92 Å². The normalized spacial score (nSPS) is 12.1. The lowest BCUT2D eigenvalue weighted by atomic mass is 10.3. The van der Waals surface area contributed by atoms with Gasteiger partial charge in [0.25, 0.3) is 0 Å². The molecule has 0 spiro atoms. The van der Waals surface area contributed by atoms with Crippen molar-refractivity contribution in [2.75, 3.05) is 5.32 Å². The molecule has 0 bridgehead atoms. The number of para-hydroxylation sites is 1. The predicted molar refractivity (Wildman–Crippen MR) is 100 cm³/mol.